The maximum Gasteiger partial charge on any atom is 0.354 e. The third-order valence-corrected chi connectivity index (χ3v) is 10.1. The van der Waals surface area contributed by atoms with Crippen LogP contribution in [0, 0.1) is 13.8 Å². The van der Waals surface area contributed by atoms with Crippen molar-refractivity contribution in [2.24, 2.45) is 0 Å². The van der Waals surface area contributed by atoms with Crippen molar-refractivity contribution in [2.75, 3.05) is 4.72 Å². The zero-order valence-electron chi connectivity index (χ0n) is 18.1. The number of aryl methyl sites for hydroxylation is 1. The molecule has 2 heterocycles. The lowest BCUT2D eigenvalue weighted by atomic mass is 10.0. The van der Waals surface area contributed by atoms with Gasteiger partial charge >= 0.3 is 5.69 Å². The lowest BCUT2D eigenvalue weighted by Gasteiger charge is -2.22. The number of anilines is 1. The normalized spacial score (nSPS) is 16.1. The van der Waals surface area contributed by atoms with Gasteiger partial charge in [0.1, 0.15) is 5.69 Å². The molecule has 6 nitrogen and oxygen atoms in total. The van der Waals surface area contributed by atoms with E-state index in [1.807, 2.05) is 13.8 Å². The van der Waals surface area contributed by atoms with Crippen molar-refractivity contribution in [3.8, 4) is 5.69 Å². The number of hydrogen-bond acceptors (Lipinski definition) is 6. The molecule has 172 valence electrons. The first kappa shape index (κ1) is 23.6. The Bertz CT molecular complexity index is 1230. The van der Waals surface area contributed by atoms with Crippen molar-refractivity contribution >= 4 is 50.5 Å². The molecule has 0 aromatic heterocycles. The fourth-order valence-electron chi connectivity index (χ4n) is 3.96. The van der Waals surface area contributed by atoms with E-state index in [1.165, 1.54) is 60.9 Å². The van der Waals surface area contributed by atoms with E-state index in [0.717, 1.165) is 27.6 Å². The summed E-state index contributed by atoms with van der Waals surface area (Å²) in [4.78, 5) is 18.0. The number of benzene rings is 1. The number of fused-ring (bicyclic) bond motifs is 1. The Morgan fingerprint density at radius 3 is 2.38 bits per heavy atom. The van der Waals surface area contributed by atoms with Crippen LogP contribution in [-0.4, -0.2) is 23.2 Å². The summed E-state index contributed by atoms with van der Waals surface area (Å²) in [5, 5.41) is 0.896. The summed E-state index contributed by atoms with van der Waals surface area (Å²) in [6.45, 7) is 3.85. The largest absolute Gasteiger partial charge is 0.354 e. The molecule has 0 spiro atoms. The molecule has 4 rings (SSSR count). The summed E-state index contributed by atoms with van der Waals surface area (Å²) >= 11 is 9.26. The second-order valence-electron chi connectivity index (χ2n) is 8.10. The van der Waals surface area contributed by atoms with Crippen LogP contribution in [-0.2, 0) is 10.0 Å². The minimum absolute atomic E-state index is 0.0669. The average Bonchev–Trinajstić information content (AvgIpc) is 3.03. The van der Waals surface area contributed by atoms with Crippen LogP contribution >= 0.6 is 34.7 Å². The van der Waals surface area contributed by atoms with E-state index >= 15 is 0 Å². The van der Waals surface area contributed by atoms with Crippen LogP contribution in [0.4, 0.5) is 5.82 Å². The Balaban J connectivity index is 1.75. The number of aromatic nitrogens is 2. The molecule has 32 heavy (non-hydrogen) atoms. The molecule has 1 aromatic carbocycles. The molecule has 2 aliphatic heterocycles. The monoisotopic (exact) mass is 511 g/mol. The topological polar surface area (TPSA) is 81.1 Å². The van der Waals surface area contributed by atoms with Crippen molar-refractivity contribution in [2.45, 2.75) is 73.1 Å². The Labute approximate surface area is 201 Å². The molecule has 1 saturated carbocycles. The molecule has 3 aliphatic rings. The summed E-state index contributed by atoms with van der Waals surface area (Å²) in [6.07, 6.45) is 8.46. The lowest BCUT2D eigenvalue weighted by molar-refractivity contribution is 0.513. The van der Waals surface area contributed by atoms with Gasteiger partial charge in [-0.2, -0.15) is 4.98 Å². The van der Waals surface area contributed by atoms with Crippen LogP contribution in [0.25, 0.3) is 5.69 Å². The third kappa shape index (κ3) is 5.00. The molecule has 10 heteroatoms. The number of hydrogen-bond donors (Lipinski definition) is 1. The standard InChI is InChI=1S/C22H26ClN3O3S3/c1-14-15(2)30-21(31-17-8-6-4-3-5-7-9-17)19-20(24-22(27)26(14)19)25-32(28,29)18-12-10-16(23)11-13-18/h10-13,17H,3-9H2,1-2H3,(H,24,25,27). The Hall–Kier alpha value is -1.55. The zero-order chi connectivity index (χ0) is 22.9. The van der Waals surface area contributed by atoms with E-state index in [0.29, 0.717) is 16.0 Å². The number of halogens is 1. The van der Waals surface area contributed by atoms with Crippen LogP contribution in [0.15, 0.2) is 38.2 Å². The maximum atomic E-state index is 13.0. The van der Waals surface area contributed by atoms with Gasteiger partial charge in [-0.1, -0.05) is 43.7 Å². The predicted molar refractivity (Wildman–Crippen MR) is 133 cm³/mol. The van der Waals surface area contributed by atoms with Gasteiger partial charge in [0, 0.05) is 20.8 Å². The highest BCUT2D eigenvalue weighted by molar-refractivity contribution is 8.01. The second kappa shape index (κ2) is 9.75. The highest BCUT2D eigenvalue weighted by atomic mass is 35.5. The molecule has 1 aliphatic carbocycles. The maximum absolute atomic E-state index is 13.0. The van der Waals surface area contributed by atoms with Gasteiger partial charge in [-0.25, -0.2) is 13.2 Å². The molecule has 1 N–H and O–H groups in total. The van der Waals surface area contributed by atoms with Crippen molar-refractivity contribution < 1.29 is 8.42 Å². The SMILES string of the molecule is Cc1sc(SC2CCCCCCC2)c2c(NS(=O)(=O)c3ccc(Cl)cc3)nc(=O)n-2c1C. The van der Waals surface area contributed by atoms with E-state index in [1.54, 1.807) is 23.1 Å². The van der Waals surface area contributed by atoms with Crippen molar-refractivity contribution in [3.63, 3.8) is 0 Å². The number of sulfonamides is 1. The molecule has 0 amide bonds. The van der Waals surface area contributed by atoms with E-state index in [4.69, 9.17) is 11.6 Å². The van der Waals surface area contributed by atoms with Crippen LogP contribution in [0.2, 0.25) is 5.02 Å². The minimum Gasteiger partial charge on any atom is -0.261 e. The second-order valence-corrected chi connectivity index (χ2v) is 13.0. The van der Waals surface area contributed by atoms with Gasteiger partial charge in [0.25, 0.3) is 10.0 Å². The fraction of sp³-hybridized carbons (Fsp3) is 0.455. The Kier molecular flexibility index (Phi) is 7.19. The first-order chi connectivity index (χ1) is 15.3. The Morgan fingerprint density at radius 1 is 1.09 bits per heavy atom. The highest BCUT2D eigenvalue weighted by Crippen LogP contribution is 2.42. The number of thioether (sulfide) groups is 1. The number of nitrogens with one attached hydrogen (secondary N) is 1. The van der Waals surface area contributed by atoms with Crippen LogP contribution in [0.1, 0.15) is 55.5 Å². The van der Waals surface area contributed by atoms with Gasteiger partial charge in [0.15, 0.2) is 5.82 Å². The van der Waals surface area contributed by atoms with Gasteiger partial charge in [0.2, 0.25) is 0 Å². The highest BCUT2D eigenvalue weighted by Gasteiger charge is 2.28. The summed E-state index contributed by atoms with van der Waals surface area (Å²) in [5.74, 6) is 0.0812. The van der Waals surface area contributed by atoms with Gasteiger partial charge in [-0.15, -0.1) is 23.1 Å². The third-order valence-electron chi connectivity index (χ3n) is 5.81. The van der Waals surface area contributed by atoms with Gasteiger partial charge in [-0.05, 0) is 51.0 Å². The summed E-state index contributed by atoms with van der Waals surface area (Å²) in [5.41, 5.74) is 0.857. The average molecular weight is 512 g/mol. The zero-order valence-corrected chi connectivity index (χ0v) is 21.3. The first-order valence-corrected chi connectivity index (χ1v) is 14.3. The van der Waals surface area contributed by atoms with Crippen molar-refractivity contribution in [1.29, 1.82) is 0 Å². The van der Waals surface area contributed by atoms with E-state index in [9.17, 15) is 13.2 Å². The van der Waals surface area contributed by atoms with Crippen LogP contribution in [0.5, 0.6) is 0 Å². The van der Waals surface area contributed by atoms with Crippen LogP contribution in [0.3, 0.4) is 0 Å². The quantitative estimate of drug-likeness (QED) is 0.453. The fourth-order valence-corrected chi connectivity index (χ4v) is 8.04. The number of nitrogens with zero attached hydrogens (tertiary/aromatic N) is 2. The van der Waals surface area contributed by atoms with Crippen molar-refractivity contribution in [3.05, 3.63) is 50.3 Å². The smallest absolute Gasteiger partial charge is 0.261 e. The van der Waals surface area contributed by atoms with E-state index in [2.05, 4.69) is 9.71 Å². The lowest BCUT2D eigenvalue weighted by Crippen LogP contribution is -2.18. The molecule has 0 bridgehead atoms. The molecule has 0 saturated heterocycles. The molecule has 0 unspecified atom stereocenters. The van der Waals surface area contributed by atoms with E-state index in [-0.39, 0.29) is 10.7 Å². The predicted octanol–water partition coefficient (Wildman–Crippen LogP) is 6.01. The number of rotatable bonds is 5. The summed E-state index contributed by atoms with van der Waals surface area (Å²) in [6, 6.07) is 5.91. The van der Waals surface area contributed by atoms with Gasteiger partial charge in [0.05, 0.1) is 9.10 Å². The first-order valence-electron chi connectivity index (χ1n) is 10.7. The molecular formula is C22H26ClN3O3S3. The molecule has 1 aromatic rings. The Morgan fingerprint density at radius 2 is 1.72 bits per heavy atom. The van der Waals surface area contributed by atoms with Crippen molar-refractivity contribution in [1.82, 2.24) is 9.55 Å². The minimum atomic E-state index is -3.92. The van der Waals surface area contributed by atoms with Crippen LogP contribution < -0.4 is 10.4 Å². The molecule has 1 fully saturated rings. The number of imidazole rings is 1. The molecule has 0 radical (unpaired) electrons. The van der Waals surface area contributed by atoms with Gasteiger partial charge in [-0.3, -0.25) is 9.29 Å². The molecule has 0 atom stereocenters. The summed E-state index contributed by atoms with van der Waals surface area (Å²) in [7, 11) is -3.92. The van der Waals surface area contributed by atoms with E-state index < -0.39 is 15.7 Å². The van der Waals surface area contributed by atoms with Gasteiger partial charge < -0.3 is 0 Å². The summed E-state index contributed by atoms with van der Waals surface area (Å²) < 4.78 is 31.0. The molecular weight excluding hydrogens is 486 g/mol.